The smallest absolute Gasteiger partial charge is 0.313 e. The second kappa shape index (κ2) is 7.39. The van der Waals surface area contributed by atoms with Gasteiger partial charge in [0.2, 0.25) is 5.88 Å². The molecular formula is C23H26N2O2. The van der Waals surface area contributed by atoms with Crippen molar-refractivity contribution in [2.45, 2.75) is 41.0 Å². The van der Waals surface area contributed by atoms with Crippen molar-refractivity contribution in [3.63, 3.8) is 0 Å². The van der Waals surface area contributed by atoms with E-state index in [0.29, 0.717) is 12.3 Å². The first-order chi connectivity index (χ1) is 12.7. The van der Waals surface area contributed by atoms with Crippen LogP contribution >= 0.6 is 0 Å². The molecule has 2 aromatic carbocycles. The Morgan fingerprint density at radius 3 is 2.37 bits per heavy atom. The third-order valence-electron chi connectivity index (χ3n) is 4.22. The highest BCUT2D eigenvalue weighted by atomic mass is 16.5. The highest BCUT2D eigenvalue weighted by Crippen LogP contribution is 2.29. The number of aryl methyl sites for hydroxylation is 2. The van der Waals surface area contributed by atoms with E-state index >= 15 is 0 Å². The lowest BCUT2D eigenvalue weighted by molar-refractivity contribution is -0.136. The summed E-state index contributed by atoms with van der Waals surface area (Å²) in [5.41, 5.74) is 4.78. The van der Waals surface area contributed by atoms with E-state index in [0.717, 1.165) is 22.5 Å². The van der Waals surface area contributed by atoms with Gasteiger partial charge >= 0.3 is 5.97 Å². The van der Waals surface area contributed by atoms with E-state index in [9.17, 15) is 4.79 Å². The van der Waals surface area contributed by atoms with Gasteiger partial charge in [-0.05, 0) is 30.9 Å². The summed E-state index contributed by atoms with van der Waals surface area (Å²) in [4.78, 5) is 12.4. The minimum atomic E-state index is -0.256. The van der Waals surface area contributed by atoms with Gasteiger partial charge in [-0.25, -0.2) is 0 Å². The maximum Gasteiger partial charge on any atom is 0.313 e. The number of aromatic nitrogens is 2. The molecule has 0 amide bonds. The van der Waals surface area contributed by atoms with Crippen LogP contribution in [0.5, 0.6) is 5.88 Å². The molecule has 140 valence electrons. The maximum absolute atomic E-state index is 12.4. The molecule has 0 N–H and O–H groups in total. The van der Waals surface area contributed by atoms with E-state index in [4.69, 9.17) is 9.84 Å². The standard InChI is InChI=1S/C23H26N2O2/c1-16-11-12-20(17(2)13-16)25-21(27-22(26)15-23(3,4)5)14-19(24-25)18-9-7-6-8-10-18/h6-14H,15H2,1-5H3. The molecule has 0 saturated carbocycles. The SMILES string of the molecule is Cc1ccc(-n2nc(-c3ccccc3)cc2OC(=O)CC(C)(C)C)c(C)c1. The molecule has 3 rings (SSSR count). The van der Waals surface area contributed by atoms with Crippen molar-refractivity contribution in [3.8, 4) is 22.8 Å². The second-order valence-electron chi connectivity index (χ2n) is 8.15. The molecule has 1 aromatic heterocycles. The molecule has 0 aliphatic rings. The van der Waals surface area contributed by atoms with E-state index in [1.807, 2.05) is 76.2 Å². The van der Waals surface area contributed by atoms with Crippen LogP contribution in [0.15, 0.2) is 54.6 Å². The van der Waals surface area contributed by atoms with Gasteiger partial charge in [-0.2, -0.15) is 9.78 Å². The summed E-state index contributed by atoms with van der Waals surface area (Å²) < 4.78 is 7.44. The van der Waals surface area contributed by atoms with Crippen LogP contribution in [0.3, 0.4) is 0 Å². The van der Waals surface area contributed by atoms with Gasteiger partial charge in [-0.1, -0.05) is 68.8 Å². The van der Waals surface area contributed by atoms with E-state index in [1.54, 1.807) is 4.68 Å². The van der Waals surface area contributed by atoms with Crippen LogP contribution in [-0.2, 0) is 4.79 Å². The van der Waals surface area contributed by atoms with E-state index in [2.05, 4.69) is 13.0 Å². The number of carbonyl (C=O) groups is 1. The molecule has 4 heteroatoms. The molecule has 0 radical (unpaired) electrons. The van der Waals surface area contributed by atoms with Gasteiger partial charge in [-0.3, -0.25) is 4.79 Å². The zero-order chi connectivity index (χ0) is 19.6. The molecule has 0 spiro atoms. The molecule has 0 fully saturated rings. The number of benzene rings is 2. The number of hydrogen-bond donors (Lipinski definition) is 0. The Hall–Kier alpha value is -2.88. The number of hydrogen-bond acceptors (Lipinski definition) is 3. The lowest BCUT2D eigenvalue weighted by atomic mass is 9.92. The van der Waals surface area contributed by atoms with Crippen molar-refractivity contribution in [3.05, 3.63) is 65.7 Å². The van der Waals surface area contributed by atoms with Crippen LogP contribution in [0.25, 0.3) is 16.9 Å². The van der Waals surface area contributed by atoms with Crippen molar-refractivity contribution in [1.29, 1.82) is 0 Å². The van der Waals surface area contributed by atoms with Gasteiger partial charge in [0.15, 0.2) is 0 Å². The normalized spacial score (nSPS) is 11.4. The van der Waals surface area contributed by atoms with Gasteiger partial charge in [-0.15, -0.1) is 0 Å². The second-order valence-corrected chi connectivity index (χ2v) is 8.15. The fraction of sp³-hybridized carbons (Fsp3) is 0.304. The first kappa shape index (κ1) is 18.9. The lowest BCUT2D eigenvalue weighted by Gasteiger charge is -2.17. The molecular weight excluding hydrogens is 336 g/mol. The predicted molar refractivity (Wildman–Crippen MR) is 108 cm³/mol. The fourth-order valence-corrected chi connectivity index (χ4v) is 2.99. The number of carbonyl (C=O) groups excluding carboxylic acids is 1. The maximum atomic E-state index is 12.4. The summed E-state index contributed by atoms with van der Waals surface area (Å²) in [6.45, 7) is 10.1. The molecule has 0 bridgehead atoms. The minimum Gasteiger partial charge on any atom is -0.407 e. The molecule has 0 atom stereocenters. The van der Waals surface area contributed by atoms with E-state index < -0.39 is 0 Å². The Bertz CT molecular complexity index is 950. The van der Waals surface area contributed by atoms with Crippen molar-refractivity contribution in [2.75, 3.05) is 0 Å². The first-order valence-corrected chi connectivity index (χ1v) is 9.17. The van der Waals surface area contributed by atoms with E-state index in [-0.39, 0.29) is 11.4 Å². The topological polar surface area (TPSA) is 44.1 Å². The van der Waals surface area contributed by atoms with Crippen molar-refractivity contribution >= 4 is 5.97 Å². The van der Waals surface area contributed by atoms with Crippen LogP contribution < -0.4 is 4.74 Å². The summed E-state index contributed by atoms with van der Waals surface area (Å²) >= 11 is 0. The summed E-state index contributed by atoms with van der Waals surface area (Å²) in [5.74, 6) is 0.183. The Labute approximate surface area is 160 Å². The average Bonchev–Trinajstić information content (AvgIpc) is 2.97. The lowest BCUT2D eigenvalue weighted by Crippen LogP contribution is -2.19. The van der Waals surface area contributed by atoms with Crippen molar-refractivity contribution < 1.29 is 9.53 Å². The first-order valence-electron chi connectivity index (χ1n) is 9.17. The van der Waals surface area contributed by atoms with Crippen molar-refractivity contribution in [2.24, 2.45) is 5.41 Å². The van der Waals surface area contributed by atoms with Crippen LogP contribution in [-0.4, -0.2) is 15.7 Å². The zero-order valence-electron chi connectivity index (χ0n) is 16.6. The molecule has 0 unspecified atom stereocenters. The zero-order valence-corrected chi connectivity index (χ0v) is 16.6. The van der Waals surface area contributed by atoms with Crippen LogP contribution in [0.1, 0.15) is 38.3 Å². The minimum absolute atomic E-state index is 0.135. The summed E-state index contributed by atoms with van der Waals surface area (Å²) in [7, 11) is 0. The Morgan fingerprint density at radius 2 is 1.74 bits per heavy atom. The molecule has 27 heavy (non-hydrogen) atoms. The molecule has 4 nitrogen and oxygen atoms in total. The third-order valence-corrected chi connectivity index (χ3v) is 4.22. The van der Waals surface area contributed by atoms with Crippen molar-refractivity contribution in [1.82, 2.24) is 9.78 Å². The number of rotatable bonds is 4. The van der Waals surface area contributed by atoms with E-state index in [1.165, 1.54) is 5.56 Å². The monoisotopic (exact) mass is 362 g/mol. The number of esters is 1. The van der Waals surface area contributed by atoms with Gasteiger partial charge in [0.1, 0.15) is 0 Å². The number of ether oxygens (including phenoxy) is 1. The van der Waals surface area contributed by atoms with Gasteiger partial charge in [0.25, 0.3) is 0 Å². The van der Waals surface area contributed by atoms with Gasteiger partial charge in [0.05, 0.1) is 17.8 Å². The molecule has 0 aliphatic heterocycles. The molecule has 3 aromatic rings. The summed E-state index contributed by atoms with van der Waals surface area (Å²) in [6.07, 6.45) is 0.339. The predicted octanol–water partition coefficient (Wildman–Crippen LogP) is 5.50. The van der Waals surface area contributed by atoms with Gasteiger partial charge in [0, 0.05) is 11.6 Å². The number of nitrogens with zero attached hydrogens (tertiary/aromatic N) is 2. The Kier molecular flexibility index (Phi) is 5.17. The van der Waals surface area contributed by atoms with Crippen LogP contribution in [0.4, 0.5) is 0 Å². The highest BCUT2D eigenvalue weighted by molar-refractivity contribution is 5.73. The highest BCUT2D eigenvalue weighted by Gasteiger charge is 2.21. The molecule has 0 saturated heterocycles. The fourth-order valence-electron chi connectivity index (χ4n) is 2.99. The largest absolute Gasteiger partial charge is 0.407 e. The molecule has 0 aliphatic carbocycles. The quantitative estimate of drug-likeness (QED) is 0.576. The Balaban J connectivity index is 2.04. The summed E-state index contributed by atoms with van der Waals surface area (Å²) in [5, 5.41) is 4.73. The molecule has 1 heterocycles. The third kappa shape index (κ3) is 4.64. The van der Waals surface area contributed by atoms with Crippen LogP contribution in [0.2, 0.25) is 0 Å². The Morgan fingerprint density at radius 1 is 1.04 bits per heavy atom. The summed E-state index contributed by atoms with van der Waals surface area (Å²) in [6, 6.07) is 17.9. The average molecular weight is 362 g/mol. The van der Waals surface area contributed by atoms with Crippen LogP contribution in [0, 0.1) is 19.3 Å². The van der Waals surface area contributed by atoms with Gasteiger partial charge < -0.3 is 4.74 Å².